The fourth-order valence-electron chi connectivity index (χ4n) is 0.321. The maximum atomic E-state index is 3.49. The van der Waals surface area contributed by atoms with Gasteiger partial charge in [-0.1, -0.05) is 6.92 Å². The summed E-state index contributed by atoms with van der Waals surface area (Å²) in [6.07, 6.45) is 1.00. The smallest absolute Gasteiger partial charge is 0.344 e. The second-order valence-electron chi connectivity index (χ2n) is 1.46. The molecule has 0 unspecified atom stereocenters. The zero-order valence-electron chi connectivity index (χ0n) is 5.80. The van der Waals surface area contributed by atoms with Crippen LogP contribution in [0.15, 0.2) is 30.3 Å². The van der Waals surface area contributed by atoms with E-state index in [0.717, 1.165) is 6.42 Å². The average molecular weight is 287 g/mol. The van der Waals surface area contributed by atoms with Crippen LogP contribution in [0.3, 0.4) is 0 Å². The summed E-state index contributed by atoms with van der Waals surface area (Å²) in [5.41, 5.74) is 0. The summed E-state index contributed by atoms with van der Waals surface area (Å²) in [6.45, 7) is 5.50. The van der Waals surface area contributed by atoms with E-state index in [4.69, 9.17) is 0 Å². The van der Waals surface area contributed by atoms with Gasteiger partial charge in [0.2, 0.25) is 0 Å². The zero-order valence-corrected chi connectivity index (χ0v) is 9.39. The molecule has 1 heteroatoms. The Morgan fingerprint density at radius 2 is 1.67 bits per heavy atom. The van der Waals surface area contributed by atoms with Gasteiger partial charge in [-0.25, -0.2) is 12.1 Å². The van der Waals surface area contributed by atoms with Crippen molar-refractivity contribution in [3.8, 4) is 0 Å². The summed E-state index contributed by atoms with van der Waals surface area (Å²) in [5.74, 6) is 0. The van der Waals surface area contributed by atoms with Crippen LogP contribution in [0.5, 0.6) is 0 Å². The maximum absolute atomic E-state index is 3.49. The zero-order chi connectivity index (χ0) is 6.24. The molecule has 9 heavy (non-hydrogen) atoms. The van der Waals surface area contributed by atoms with Crippen LogP contribution in [0.1, 0.15) is 13.3 Å². The van der Waals surface area contributed by atoms with Crippen molar-refractivity contribution in [2.45, 2.75) is 13.3 Å². The van der Waals surface area contributed by atoms with Crippen molar-refractivity contribution in [1.29, 1.82) is 0 Å². The second-order valence-corrected chi connectivity index (χ2v) is 1.46. The predicted molar refractivity (Wildman–Crippen MR) is 37.7 cm³/mol. The Morgan fingerprint density at radius 3 is 1.78 bits per heavy atom. The number of hydrogen-bond donors (Lipinski definition) is 0. The van der Waals surface area contributed by atoms with Crippen LogP contribution < -0.4 is 0 Å². The summed E-state index contributed by atoms with van der Waals surface area (Å²) in [6, 6.07) is 10.0. The molecule has 0 amide bonds. The molecule has 0 N–H and O–H groups in total. The van der Waals surface area contributed by atoms with E-state index in [1.54, 1.807) is 0 Å². The molecule has 0 aliphatic carbocycles. The summed E-state index contributed by atoms with van der Waals surface area (Å²) < 4.78 is 0. The normalized spacial score (nSPS) is 6.44. The molecule has 0 saturated heterocycles. The van der Waals surface area contributed by atoms with Crippen molar-refractivity contribution in [3.05, 3.63) is 37.3 Å². The van der Waals surface area contributed by atoms with Gasteiger partial charge in [-0.15, -0.1) is 0 Å². The van der Waals surface area contributed by atoms with E-state index in [-0.39, 0.29) is 25.8 Å². The minimum Gasteiger partial charge on any atom is -0.344 e. The second kappa shape index (κ2) is 11.1. The van der Waals surface area contributed by atoms with E-state index in [0.29, 0.717) is 0 Å². The third-order valence-electron chi connectivity index (χ3n) is 0.556. The van der Waals surface area contributed by atoms with Gasteiger partial charge in [-0.2, -0.15) is 24.6 Å². The summed E-state index contributed by atoms with van der Waals surface area (Å²) in [5, 5.41) is 0. The molecule has 0 aliphatic heterocycles. The molecule has 0 heterocycles. The van der Waals surface area contributed by atoms with Crippen LogP contribution in [-0.2, 0) is 25.8 Å². The van der Waals surface area contributed by atoms with E-state index in [1.165, 1.54) is 0 Å². The standard InChI is InChI=1S/C5H5.C3H7.Hf/c1-2-4-5-3-1;1-3-2;/h1-5H;1,3H2,2H3;/q2*-1;+4. The third kappa shape index (κ3) is 11.7. The molecule has 0 nitrogen and oxygen atoms in total. The molecule has 46 valence electrons. The Bertz CT molecular complexity index is 71.5. The maximum Gasteiger partial charge on any atom is 4.00 e. The van der Waals surface area contributed by atoms with Crippen LogP contribution in [0, 0.1) is 6.92 Å². The molecule has 0 atom stereocenters. The van der Waals surface area contributed by atoms with Gasteiger partial charge in [0.05, 0.1) is 0 Å². The molecule has 1 aromatic rings. The van der Waals surface area contributed by atoms with E-state index in [2.05, 4.69) is 6.92 Å². The van der Waals surface area contributed by atoms with Gasteiger partial charge in [0.25, 0.3) is 0 Å². The summed E-state index contributed by atoms with van der Waals surface area (Å²) in [4.78, 5) is 0. The first-order valence-corrected chi connectivity index (χ1v) is 2.87. The quantitative estimate of drug-likeness (QED) is 0.508. The Hall–Kier alpha value is 0.220. The minimum absolute atomic E-state index is 0. The van der Waals surface area contributed by atoms with Gasteiger partial charge in [-0.05, 0) is 0 Å². The summed E-state index contributed by atoms with van der Waals surface area (Å²) in [7, 11) is 0. The van der Waals surface area contributed by atoms with Crippen LogP contribution in [0.2, 0.25) is 0 Å². The van der Waals surface area contributed by atoms with E-state index in [9.17, 15) is 0 Å². The predicted octanol–water partition coefficient (Wildman–Crippen LogP) is 2.63. The molecule has 0 fully saturated rings. The Labute approximate surface area is 76.4 Å². The first kappa shape index (κ1) is 12.0. The van der Waals surface area contributed by atoms with Crippen LogP contribution in [0.25, 0.3) is 0 Å². The van der Waals surface area contributed by atoms with Crippen molar-refractivity contribution in [2.24, 2.45) is 0 Å². The van der Waals surface area contributed by atoms with Gasteiger partial charge >= 0.3 is 25.8 Å². The molecule has 0 aromatic heterocycles. The average Bonchev–Trinajstić information content (AvgIpc) is 2.17. The molecule has 0 spiro atoms. The van der Waals surface area contributed by atoms with E-state index < -0.39 is 0 Å². The van der Waals surface area contributed by atoms with Crippen LogP contribution >= 0.6 is 0 Å². The molecule has 0 aliphatic rings. The Kier molecular flexibility index (Phi) is 14.7. The third-order valence-corrected chi connectivity index (χ3v) is 0.556. The fourth-order valence-corrected chi connectivity index (χ4v) is 0.321. The fraction of sp³-hybridized carbons (Fsp3) is 0.250. The SMILES string of the molecule is [CH2-]CC.[Hf+4].c1cc[cH-]c1. The Morgan fingerprint density at radius 1 is 1.33 bits per heavy atom. The van der Waals surface area contributed by atoms with Crippen molar-refractivity contribution in [1.82, 2.24) is 0 Å². The molecule has 0 bridgehead atoms. The molecule has 0 radical (unpaired) electrons. The summed E-state index contributed by atoms with van der Waals surface area (Å²) >= 11 is 0. The van der Waals surface area contributed by atoms with Crippen molar-refractivity contribution < 1.29 is 25.8 Å². The van der Waals surface area contributed by atoms with Crippen LogP contribution in [-0.4, -0.2) is 0 Å². The molecule has 1 aromatic carbocycles. The number of rotatable bonds is 0. The van der Waals surface area contributed by atoms with Crippen LogP contribution in [0.4, 0.5) is 0 Å². The first-order valence-electron chi connectivity index (χ1n) is 2.87. The van der Waals surface area contributed by atoms with Gasteiger partial charge in [-0.3, -0.25) is 0 Å². The minimum atomic E-state index is 0. The Balaban J connectivity index is 0. The first-order chi connectivity index (χ1) is 3.91. The van der Waals surface area contributed by atoms with Crippen molar-refractivity contribution >= 4 is 0 Å². The van der Waals surface area contributed by atoms with E-state index in [1.807, 2.05) is 37.3 Å². The van der Waals surface area contributed by atoms with E-state index >= 15 is 0 Å². The van der Waals surface area contributed by atoms with Gasteiger partial charge in [0.15, 0.2) is 0 Å². The van der Waals surface area contributed by atoms with Crippen molar-refractivity contribution in [3.63, 3.8) is 0 Å². The molecule has 1 rings (SSSR count). The largest absolute Gasteiger partial charge is 4.00 e. The molecular weight excluding hydrogens is 275 g/mol. The number of hydrogen-bond acceptors (Lipinski definition) is 0. The van der Waals surface area contributed by atoms with Gasteiger partial charge in [0.1, 0.15) is 0 Å². The van der Waals surface area contributed by atoms with Crippen molar-refractivity contribution in [2.75, 3.05) is 0 Å². The monoisotopic (exact) mass is 288 g/mol. The molecule has 0 saturated carbocycles. The molecular formula is C8H12Hf+2. The van der Waals surface area contributed by atoms with Gasteiger partial charge < -0.3 is 6.92 Å². The topological polar surface area (TPSA) is 0 Å². The van der Waals surface area contributed by atoms with Gasteiger partial charge in [0, 0.05) is 0 Å².